The van der Waals surface area contributed by atoms with Crippen LogP contribution in [0, 0.1) is 11.8 Å². The van der Waals surface area contributed by atoms with E-state index >= 15 is 0 Å². The SMILES string of the molecule is COC(=O)C(CC(C)C)CS(=O)(=O)C(F)(F)F. The van der Waals surface area contributed by atoms with Crippen molar-refractivity contribution in [2.24, 2.45) is 11.8 Å². The normalized spacial score (nSPS) is 14.8. The minimum Gasteiger partial charge on any atom is -0.469 e. The van der Waals surface area contributed by atoms with E-state index in [1.54, 1.807) is 13.8 Å². The van der Waals surface area contributed by atoms with Crippen molar-refractivity contribution in [2.75, 3.05) is 12.9 Å². The molecule has 17 heavy (non-hydrogen) atoms. The van der Waals surface area contributed by atoms with Crippen molar-refractivity contribution in [1.29, 1.82) is 0 Å². The summed E-state index contributed by atoms with van der Waals surface area (Å²) in [6.45, 7) is 3.35. The third-order valence-electron chi connectivity index (χ3n) is 2.06. The Balaban J connectivity index is 4.94. The van der Waals surface area contributed by atoms with E-state index in [0.717, 1.165) is 7.11 Å². The van der Waals surface area contributed by atoms with Gasteiger partial charge in [0.25, 0.3) is 0 Å². The van der Waals surface area contributed by atoms with E-state index in [2.05, 4.69) is 4.74 Å². The number of sulfone groups is 1. The van der Waals surface area contributed by atoms with Gasteiger partial charge in [0.05, 0.1) is 18.8 Å². The number of carbonyl (C=O) groups excluding carboxylic acids is 1. The first-order chi connectivity index (χ1) is 7.51. The second kappa shape index (κ2) is 5.70. The second-order valence-electron chi connectivity index (χ2n) is 4.08. The molecule has 8 heteroatoms. The summed E-state index contributed by atoms with van der Waals surface area (Å²) in [6, 6.07) is 0. The third kappa shape index (κ3) is 4.93. The minimum atomic E-state index is -5.34. The van der Waals surface area contributed by atoms with Gasteiger partial charge < -0.3 is 4.74 Å². The molecule has 102 valence electrons. The first-order valence-electron chi connectivity index (χ1n) is 4.88. The van der Waals surface area contributed by atoms with Crippen molar-refractivity contribution in [2.45, 2.75) is 25.8 Å². The molecule has 0 fully saturated rings. The molecule has 0 rings (SSSR count). The predicted octanol–water partition coefficient (Wildman–Crippen LogP) is 1.76. The first kappa shape index (κ1) is 16.2. The van der Waals surface area contributed by atoms with E-state index < -0.39 is 33.0 Å². The maximum Gasteiger partial charge on any atom is 0.497 e. The highest BCUT2D eigenvalue weighted by Gasteiger charge is 2.47. The molecule has 0 aliphatic rings. The molecule has 0 spiro atoms. The molecule has 0 aromatic heterocycles. The summed E-state index contributed by atoms with van der Waals surface area (Å²) in [5.41, 5.74) is -5.34. The quantitative estimate of drug-likeness (QED) is 0.718. The number of methoxy groups -OCH3 is 1. The van der Waals surface area contributed by atoms with E-state index in [9.17, 15) is 26.4 Å². The van der Waals surface area contributed by atoms with Crippen molar-refractivity contribution in [3.05, 3.63) is 0 Å². The van der Waals surface area contributed by atoms with Gasteiger partial charge in [-0.3, -0.25) is 4.79 Å². The number of rotatable bonds is 5. The van der Waals surface area contributed by atoms with Gasteiger partial charge >= 0.3 is 11.5 Å². The monoisotopic (exact) mass is 276 g/mol. The highest BCUT2D eigenvalue weighted by molar-refractivity contribution is 7.92. The van der Waals surface area contributed by atoms with Crippen LogP contribution in [0.25, 0.3) is 0 Å². The lowest BCUT2D eigenvalue weighted by Gasteiger charge is -2.17. The Bertz CT molecular complexity index is 359. The standard InChI is InChI=1S/C9H15F3O4S/c1-6(2)4-7(8(13)16-3)5-17(14,15)9(10,11)12/h6-7H,4-5H2,1-3H3. The van der Waals surface area contributed by atoms with E-state index in [0.29, 0.717) is 0 Å². The van der Waals surface area contributed by atoms with Crippen LogP contribution in [0.1, 0.15) is 20.3 Å². The Morgan fingerprint density at radius 2 is 1.76 bits per heavy atom. The van der Waals surface area contributed by atoms with Gasteiger partial charge in [0.15, 0.2) is 0 Å². The third-order valence-corrected chi connectivity index (χ3v) is 3.61. The smallest absolute Gasteiger partial charge is 0.469 e. The summed E-state index contributed by atoms with van der Waals surface area (Å²) in [4.78, 5) is 11.2. The number of halogens is 3. The largest absolute Gasteiger partial charge is 0.497 e. The van der Waals surface area contributed by atoms with Crippen LogP contribution in [0.15, 0.2) is 0 Å². The highest BCUT2D eigenvalue weighted by atomic mass is 32.2. The molecule has 0 heterocycles. The van der Waals surface area contributed by atoms with Crippen LogP contribution in [-0.2, 0) is 19.4 Å². The average molecular weight is 276 g/mol. The molecule has 0 amide bonds. The minimum absolute atomic E-state index is 0.0297. The van der Waals surface area contributed by atoms with Crippen LogP contribution in [0.3, 0.4) is 0 Å². The van der Waals surface area contributed by atoms with Crippen LogP contribution >= 0.6 is 0 Å². The first-order valence-corrected chi connectivity index (χ1v) is 6.53. The molecule has 0 radical (unpaired) electrons. The zero-order valence-electron chi connectivity index (χ0n) is 9.74. The Labute approximate surface area is 98.1 Å². The van der Waals surface area contributed by atoms with E-state index in [1.165, 1.54) is 0 Å². The fourth-order valence-electron chi connectivity index (χ4n) is 1.33. The molecule has 0 saturated heterocycles. The van der Waals surface area contributed by atoms with Gasteiger partial charge in [0.1, 0.15) is 0 Å². The zero-order chi connectivity index (χ0) is 13.9. The summed E-state index contributed by atoms with van der Waals surface area (Å²) in [5, 5.41) is 0. The maximum absolute atomic E-state index is 12.2. The van der Waals surface area contributed by atoms with Crippen LogP contribution in [0.4, 0.5) is 13.2 Å². The Morgan fingerprint density at radius 3 is 2.06 bits per heavy atom. The van der Waals surface area contributed by atoms with Crippen LogP contribution in [0.5, 0.6) is 0 Å². The molecule has 0 aromatic carbocycles. The van der Waals surface area contributed by atoms with Crippen LogP contribution < -0.4 is 0 Å². The van der Waals surface area contributed by atoms with Gasteiger partial charge in [-0.15, -0.1) is 0 Å². The number of esters is 1. The molecular formula is C9H15F3O4S. The fraction of sp³-hybridized carbons (Fsp3) is 0.889. The Hall–Kier alpha value is -0.790. The molecule has 4 nitrogen and oxygen atoms in total. The number of hydrogen-bond donors (Lipinski definition) is 0. The predicted molar refractivity (Wildman–Crippen MR) is 54.8 cm³/mol. The lowest BCUT2D eigenvalue weighted by atomic mass is 9.99. The Kier molecular flexibility index (Phi) is 5.44. The lowest BCUT2D eigenvalue weighted by Crippen LogP contribution is -2.34. The van der Waals surface area contributed by atoms with Gasteiger partial charge in [0, 0.05) is 0 Å². The van der Waals surface area contributed by atoms with Crippen molar-refractivity contribution in [3.8, 4) is 0 Å². The van der Waals surface area contributed by atoms with Crippen molar-refractivity contribution in [3.63, 3.8) is 0 Å². The molecule has 1 atom stereocenters. The summed E-state index contributed by atoms with van der Waals surface area (Å²) >= 11 is 0. The number of hydrogen-bond acceptors (Lipinski definition) is 4. The van der Waals surface area contributed by atoms with E-state index in [1.807, 2.05) is 0 Å². The van der Waals surface area contributed by atoms with Crippen molar-refractivity contribution < 1.29 is 31.1 Å². The van der Waals surface area contributed by atoms with Gasteiger partial charge in [-0.05, 0) is 12.3 Å². The van der Waals surface area contributed by atoms with E-state index in [-0.39, 0.29) is 12.3 Å². The van der Waals surface area contributed by atoms with E-state index in [4.69, 9.17) is 0 Å². The maximum atomic E-state index is 12.2. The summed E-state index contributed by atoms with van der Waals surface area (Å²) in [5.74, 6) is -3.60. The van der Waals surface area contributed by atoms with Crippen molar-refractivity contribution in [1.82, 2.24) is 0 Å². The summed E-state index contributed by atoms with van der Waals surface area (Å²) in [6.07, 6.45) is 0.0297. The summed E-state index contributed by atoms with van der Waals surface area (Å²) in [7, 11) is -4.29. The lowest BCUT2D eigenvalue weighted by molar-refractivity contribution is -0.145. The van der Waals surface area contributed by atoms with Crippen LogP contribution in [-0.4, -0.2) is 32.8 Å². The van der Waals surface area contributed by atoms with Crippen LogP contribution in [0.2, 0.25) is 0 Å². The molecule has 0 aromatic rings. The number of alkyl halides is 3. The number of carbonyl (C=O) groups is 1. The molecule has 0 saturated carbocycles. The highest BCUT2D eigenvalue weighted by Crippen LogP contribution is 2.27. The average Bonchev–Trinajstić information content (AvgIpc) is 2.12. The molecular weight excluding hydrogens is 261 g/mol. The fourth-order valence-corrected chi connectivity index (χ4v) is 2.32. The molecule has 1 unspecified atom stereocenters. The van der Waals surface area contributed by atoms with Gasteiger partial charge in [-0.1, -0.05) is 13.8 Å². The van der Waals surface area contributed by atoms with Gasteiger partial charge in [-0.2, -0.15) is 13.2 Å². The Morgan fingerprint density at radius 1 is 1.29 bits per heavy atom. The van der Waals surface area contributed by atoms with Crippen molar-refractivity contribution >= 4 is 15.8 Å². The topological polar surface area (TPSA) is 60.4 Å². The zero-order valence-corrected chi connectivity index (χ0v) is 10.6. The molecule has 0 bridgehead atoms. The molecule has 0 aliphatic heterocycles. The number of ether oxygens (including phenoxy) is 1. The van der Waals surface area contributed by atoms with Gasteiger partial charge in [-0.25, -0.2) is 8.42 Å². The second-order valence-corrected chi connectivity index (χ2v) is 6.10. The summed E-state index contributed by atoms with van der Waals surface area (Å²) < 4.78 is 62.6. The molecule has 0 aliphatic carbocycles. The van der Waals surface area contributed by atoms with Gasteiger partial charge in [0.2, 0.25) is 9.84 Å². The molecule has 0 N–H and O–H groups in total.